The average molecular weight is 237 g/mol. The molecule has 1 aliphatic heterocycles. The first-order valence-corrected chi connectivity index (χ1v) is 5.68. The van der Waals surface area contributed by atoms with Crippen molar-refractivity contribution in [3.05, 3.63) is 65.9 Å². The molecule has 2 aromatic carbocycles. The van der Waals surface area contributed by atoms with E-state index in [-0.39, 0.29) is 5.91 Å². The first kappa shape index (κ1) is 10.6. The molecule has 0 atom stereocenters. The van der Waals surface area contributed by atoms with Crippen molar-refractivity contribution in [3.63, 3.8) is 0 Å². The van der Waals surface area contributed by atoms with Crippen molar-refractivity contribution in [2.75, 3.05) is 5.32 Å². The molecule has 0 aromatic heterocycles. The van der Waals surface area contributed by atoms with Gasteiger partial charge in [-0.1, -0.05) is 42.5 Å². The maximum Gasteiger partial charge on any atom is 0.291 e. The van der Waals surface area contributed by atoms with Crippen LogP contribution in [-0.4, -0.2) is 5.91 Å². The van der Waals surface area contributed by atoms with E-state index in [1.165, 1.54) is 0 Å². The summed E-state index contributed by atoms with van der Waals surface area (Å²) in [5, 5.41) is 2.80. The van der Waals surface area contributed by atoms with Crippen molar-refractivity contribution < 1.29 is 9.53 Å². The zero-order valence-electron chi connectivity index (χ0n) is 9.59. The Balaban J connectivity index is 1.96. The van der Waals surface area contributed by atoms with Crippen LogP contribution in [0, 0.1) is 0 Å². The van der Waals surface area contributed by atoms with E-state index in [9.17, 15) is 4.79 Å². The number of nitrogens with one attached hydrogen (secondary N) is 1. The topological polar surface area (TPSA) is 38.3 Å². The first-order valence-electron chi connectivity index (χ1n) is 5.68. The number of fused-ring (bicyclic) bond motifs is 1. The van der Waals surface area contributed by atoms with Crippen LogP contribution in [0.4, 0.5) is 5.69 Å². The monoisotopic (exact) mass is 237 g/mol. The normalized spacial score (nSPS) is 15.8. The van der Waals surface area contributed by atoms with E-state index in [1.54, 1.807) is 6.08 Å². The number of carbonyl (C=O) groups excluding carboxylic acids is 1. The van der Waals surface area contributed by atoms with E-state index in [0.29, 0.717) is 17.2 Å². The van der Waals surface area contributed by atoms with Gasteiger partial charge >= 0.3 is 0 Å². The van der Waals surface area contributed by atoms with Crippen LogP contribution in [-0.2, 0) is 4.79 Å². The average Bonchev–Trinajstić information content (AvgIpc) is 2.41. The van der Waals surface area contributed by atoms with E-state index in [1.807, 2.05) is 54.6 Å². The summed E-state index contributed by atoms with van der Waals surface area (Å²) in [7, 11) is 0. The van der Waals surface area contributed by atoms with E-state index >= 15 is 0 Å². The molecule has 0 fully saturated rings. The second-order valence-electron chi connectivity index (χ2n) is 3.97. The van der Waals surface area contributed by atoms with Gasteiger partial charge in [-0.2, -0.15) is 0 Å². The first-order chi connectivity index (χ1) is 8.83. The Morgan fingerprint density at radius 3 is 2.50 bits per heavy atom. The highest BCUT2D eigenvalue weighted by atomic mass is 16.5. The molecule has 0 saturated heterocycles. The van der Waals surface area contributed by atoms with Gasteiger partial charge in [0.15, 0.2) is 11.5 Å². The minimum Gasteiger partial charge on any atom is -0.449 e. The van der Waals surface area contributed by atoms with Crippen LogP contribution >= 0.6 is 0 Å². The van der Waals surface area contributed by atoms with Gasteiger partial charge in [-0.3, -0.25) is 4.79 Å². The Kier molecular flexibility index (Phi) is 2.57. The fourth-order valence-corrected chi connectivity index (χ4v) is 1.80. The number of para-hydroxylation sites is 2. The second-order valence-corrected chi connectivity index (χ2v) is 3.97. The quantitative estimate of drug-likeness (QED) is 0.774. The molecule has 0 spiro atoms. The van der Waals surface area contributed by atoms with Crippen molar-refractivity contribution >= 4 is 17.7 Å². The fraction of sp³-hybridized carbons (Fsp3) is 0. The number of hydrogen-bond donors (Lipinski definition) is 1. The minimum absolute atomic E-state index is 0.224. The number of ether oxygens (including phenoxy) is 1. The molecule has 2 aromatic rings. The summed E-state index contributed by atoms with van der Waals surface area (Å²) in [5.41, 5.74) is 1.63. The molecular formula is C15H11NO2. The number of benzene rings is 2. The van der Waals surface area contributed by atoms with Gasteiger partial charge in [0, 0.05) is 0 Å². The molecule has 3 heteroatoms. The predicted octanol–water partition coefficient (Wildman–Crippen LogP) is 3.06. The van der Waals surface area contributed by atoms with Crippen LogP contribution in [0.2, 0.25) is 0 Å². The lowest BCUT2D eigenvalue weighted by Crippen LogP contribution is -2.23. The summed E-state index contributed by atoms with van der Waals surface area (Å²) in [6, 6.07) is 17.0. The van der Waals surface area contributed by atoms with Gasteiger partial charge in [-0.25, -0.2) is 0 Å². The Labute approximate surface area is 105 Å². The maximum atomic E-state index is 11.9. The standard InChI is InChI=1S/C15H11NO2/c17-15-14(10-11-6-2-1-3-7-11)18-13-9-5-4-8-12(13)16-15/h1-10H,(H,16,17)/b14-10+. The maximum absolute atomic E-state index is 11.9. The van der Waals surface area contributed by atoms with Crippen LogP contribution in [0.25, 0.3) is 6.08 Å². The van der Waals surface area contributed by atoms with Crippen LogP contribution in [0.15, 0.2) is 60.4 Å². The Morgan fingerprint density at radius 1 is 0.944 bits per heavy atom. The molecule has 1 aliphatic rings. The number of hydrogen-bond acceptors (Lipinski definition) is 2. The molecule has 1 heterocycles. The summed E-state index contributed by atoms with van der Waals surface area (Å²) in [6.07, 6.45) is 1.73. The minimum atomic E-state index is -0.224. The van der Waals surface area contributed by atoms with Crippen LogP contribution in [0.1, 0.15) is 5.56 Å². The summed E-state index contributed by atoms with van der Waals surface area (Å²) < 4.78 is 5.60. The van der Waals surface area contributed by atoms with Crippen LogP contribution in [0.3, 0.4) is 0 Å². The summed E-state index contributed by atoms with van der Waals surface area (Å²) in [6.45, 7) is 0. The van der Waals surface area contributed by atoms with Crippen molar-refractivity contribution in [3.8, 4) is 5.75 Å². The Bertz CT molecular complexity index is 617. The lowest BCUT2D eigenvalue weighted by Gasteiger charge is -2.19. The van der Waals surface area contributed by atoms with Gasteiger partial charge in [0.05, 0.1) is 5.69 Å². The Hall–Kier alpha value is -2.55. The fourth-order valence-electron chi connectivity index (χ4n) is 1.80. The van der Waals surface area contributed by atoms with Gasteiger partial charge < -0.3 is 10.1 Å². The smallest absolute Gasteiger partial charge is 0.291 e. The molecule has 1 N–H and O–H groups in total. The summed E-state index contributed by atoms with van der Waals surface area (Å²) in [4.78, 5) is 11.9. The van der Waals surface area contributed by atoms with Gasteiger partial charge in [0.2, 0.25) is 0 Å². The zero-order chi connectivity index (χ0) is 12.4. The largest absolute Gasteiger partial charge is 0.449 e. The molecule has 1 amide bonds. The number of carbonyl (C=O) groups is 1. The molecule has 0 bridgehead atoms. The van der Waals surface area contributed by atoms with Crippen LogP contribution < -0.4 is 10.1 Å². The van der Waals surface area contributed by atoms with Crippen LogP contribution in [0.5, 0.6) is 5.75 Å². The van der Waals surface area contributed by atoms with Crippen molar-refractivity contribution in [2.24, 2.45) is 0 Å². The van der Waals surface area contributed by atoms with E-state index in [4.69, 9.17) is 4.74 Å². The van der Waals surface area contributed by atoms with Crippen molar-refractivity contribution in [2.45, 2.75) is 0 Å². The lowest BCUT2D eigenvalue weighted by molar-refractivity contribution is -0.115. The van der Waals surface area contributed by atoms with Gasteiger partial charge in [0.25, 0.3) is 5.91 Å². The molecule has 3 rings (SSSR count). The number of rotatable bonds is 1. The van der Waals surface area contributed by atoms with Gasteiger partial charge in [-0.15, -0.1) is 0 Å². The van der Waals surface area contributed by atoms with Crippen molar-refractivity contribution in [1.29, 1.82) is 0 Å². The third-order valence-corrected chi connectivity index (χ3v) is 2.68. The zero-order valence-corrected chi connectivity index (χ0v) is 9.59. The Morgan fingerprint density at radius 2 is 1.67 bits per heavy atom. The third-order valence-electron chi connectivity index (χ3n) is 2.68. The van der Waals surface area contributed by atoms with E-state index < -0.39 is 0 Å². The molecule has 0 aliphatic carbocycles. The summed E-state index contributed by atoms with van der Waals surface area (Å²) >= 11 is 0. The highest BCUT2D eigenvalue weighted by molar-refractivity contribution is 6.08. The highest BCUT2D eigenvalue weighted by Crippen LogP contribution is 2.30. The molecule has 0 saturated carbocycles. The second kappa shape index (κ2) is 4.37. The van der Waals surface area contributed by atoms with Crippen molar-refractivity contribution in [1.82, 2.24) is 0 Å². The highest BCUT2D eigenvalue weighted by Gasteiger charge is 2.21. The van der Waals surface area contributed by atoms with Gasteiger partial charge in [-0.05, 0) is 23.8 Å². The molecular weight excluding hydrogens is 226 g/mol. The predicted molar refractivity (Wildman–Crippen MR) is 70.1 cm³/mol. The number of amides is 1. The lowest BCUT2D eigenvalue weighted by atomic mass is 10.2. The molecule has 88 valence electrons. The van der Waals surface area contributed by atoms with Gasteiger partial charge in [0.1, 0.15) is 0 Å². The number of anilines is 1. The van der Waals surface area contributed by atoms with E-state index in [2.05, 4.69) is 5.32 Å². The SMILES string of the molecule is O=C1Nc2ccccc2O/C1=C/c1ccccc1. The molecule has 18 heavy (non-hydrogen) atoms. The summed E-state index contributed by atoms with van der Waals surface area (Å²) in [5.74, 6) is 0.747. The molecule has 0 unspecified atom stereocenters. The van der Waals surface area contributed by atoms with E-state index in [0.717, 1.165) is 5.56 Å². The molecule has 3 nitrogen and oxygen atoms in total. The third kappa shape index (κ3) is 1.98. The molecule has 0 radical (unpaired) electrons.